The fraction of sp³-hybridized carbons (Fsp3) is 0.357. The number of rotatable bonds is 12. The Morgan fingerprint density at radius 3 is 2.54 bits per heavy atom. The van der Waals surface area contributed by atoms with Crippen LogP contribution in [-0.2, 0) is 29.3 Å². The van der Waals surface area contributed by atoms with Crippen molar-refractivity contribution in [2.45, 2.75) is 83.6 Å². The van der Waals surface area contributed by atoms with E-state index >= 15 is 0 Å². The number of pyridine rings is 1. The largest absolute Gasteiger partial charge is 0.488 e. The van der Waals surface area contributed by atoms with Gasteiger partial charge in [0.25, 0.3) is 0 Å². The maximum Gasteiger partial charge on any atom is 0.320 e. The van der Waals surface area contributed by atoms with Crippen LogP contribution < -0.4 is 9.47 Å². The summed E-state index contributed by atoms with van der Waals surface area (Å²) in [7, 11) is 0. The van der Waals surface area contributed by atoms with E-state index in [1.165, 1.54) is 6.20 Å². The van der Waals surface area contributed by atoms with Crippen molar-refractivity contribution < 1.29 is 33.7 Å². The second kappa shape index (κ2) is 16.3. The lowest BCUT2D eigenvalue weighted by Crippen LogP contribution is -2.44. The Balaban J connectivity index is 1.10. The highest BCUT2D eigenvalue weighted by Gasteiger charge is 2.31. The number of nitriles is 1. The van der Waals surface area contributed by atoms with Gasteiger partial charge < -0.3 is 24.1 Å². The Hall–Kier alpha value is -5.44. The van der Waals surface area contributed by atoms with Gasteiger partial charge in [0.05, 0.1) is 16.5 Å². The van der Waals surface area contributed by atoms with Crippen molar-refractivity contribution in [2.24, 2.45) is 5.92 Å². The van der Waals surface area contributed by atoms with Gasteiger partial charge in [0.1, 0.15) is 42.3 Å². The molecule has 3 heterocycles. The summed E-state index contributed by atoms with van der Waals surface area (Å²) in [5.74, 6) is -0.157. The summed E-state index contributed by atoms with van der Waals surface area (Å²) in [5.41, 5.74) is 7.35. The number of halogens is 1. The third-order valence-corrected chi connectivity index (χ3v) is 11.0. The van der Waals surface area contributed by atoms with E-state index in [9.17, 15) is 25.1 Å². The van der Waals surface area contributed by atoms with Crippen LogP contribution in [0.3, 0.4) is 0 Å². The molecule has 1 atom stereocenters. The third-order valence-electron chi connectivity index (χ3n) is 10.7. The molecule has 1 aliphatic carbocycles. The zero-order chi connectivity index (χ0) is 37.8. The molecule has 0 spiro atoms. The number of oxazole rings is 1. The van der Waals surface area contributed by atoms with Crippen LogP contribution in [0.2, 0.25) is 5.02 Å². The summed E-state index contributed by atoms with van der Waals surface area (Å²) in [6.45, 7) is 3.41. The number of piperidine rings is 1. The minimum atomic E-state index is -0.845. The average molecular weight is 749 g/mol. The minimum Gasteiger partial charge on any atom is -0.488 e. The molecule has 2 fully saturated rings. The standard InChI is InChI=1S/C42H41ClN4O7/c1-25-31(5-4-6-33(25)30-12-13-37-35(17-30)46-40(54-37)28-8-10-29(11-9-28)41(48)49)24-53-39-18-38(52-23-27-15-26(19-44)20-45-21-27)32(16-34(39)43)22-47-14-3-2-7-36(47)42(50)51/h4-6,12-13,15-18,20-21,28-29,36H,2-3,7-11,14,22-24H2,1H3,(H,48,49)(H,50,51). The molecular formula is C42H41ClN4O7. The van der Waals surface area contributed by atoms with Crippen LogP contribution in [0.25, 0.3) is 22.2 Å². The molecular weight excluding hydrogens is 708 g/mol. The number of benzene rings is 3. The van der Waals surface area contributed by atoms with Crippen molar-refractivity contribution in [1.29, 1.82) is 5.26 Å². The Labute approximate surface area is 318 Å². The molecule has 7 rings (SSSR count). The fourth-order valence-electron chi connectivity index (χ4n) is 7.59. The Morgan fingerprint density at radius 1 is 0.944 bits per heavy atom. The predicted molar refractivity (Wildman–Crippen MR) is 201 cm³/mol. The van der Waals surface area contributed by atoms with Crippen LogP contribution in [0.5, 0.6) is 11.5 Å². The maximum atomic E-state index is 12.1. The SMILES string of the molecule is Cc1c(COc2cc(OCc3cncc(C#N)c3)c(CN3CCCCC3C(=O)O)cc2Cl)cccc1-c1ccc2oc(C3CCC(C(=O)O)CC3)nc2c1. The molecule has 2 aliphatic rings. The molecule has 0 bridgehead atoms. The van der Waals surface area contributed by atoms with Crippen molar-refractivity contribution >= 4 is 34.6 Å². The molecule has 2 aromatic heterocycles. The van der Waals surface area contributed by atoms with Gasteiger partial charge in [0, 0.05) is 42.0 Å². The number of aromatic nitrogens is 2. The van der Waals surface area contributed by atoms with E-state index in [1.54, 1.807) is 24.4 Å². The Bertz CT molecular complexity index is 2220. The summed E-state index contributed by atoms with van der Waals surface area (Å²) >= 11 is 6.84. The van der Waals surface area contributed by atoms with Crippen molar-refractivity contribution in [1.82, 2.24) is 14.9 Å². The van der Waals surface area contributed by atoms with Gasteiger partial charge in [-0.2, -0.15) is 5.26 Å². The zero-order valence-electron chi connectivity index (χ0n) is 30.0. The average Bonchev–Trinajstić information content (AvgIpc) is 3.61. The van der Waals surface area contributed by atoms with Gasteiger partial charge in [-0.05, 0) is 98.5 Å². The predicted octanol–water partition coefficient (Wildman–Crippen LogP) is 8.68. The quantitative estimate of drug-likeness (QED) is 0.126. The molecule has 0 radical (unpaired) electrons. The van der Waals surface area contributed by atoms with Crippen molar-refractivity contribution in [3.8, 4) is 28.7 Å². The lowest BCUT2D eigenvalue weighted by atomic mass is 9.82. The van der Waals surface area contributed by atoms with Gasteiger partial charge in [0.15, 0.2) is 11.5 Å². The fourth-order valence-corrected chi connectivity index (χ4v) is 7.84. The van der Waals surface area contributed by atoms with Crippen molar-refractivity contribution in [3.63, 3.8) is 0 Å². The first-order valence-electron chi connectivity index (χ1n) is 18.3. The molecule has 11 nitrogen and oxygen atoms in total. The topological polar surface area (TPSA) is 159 Å². The molecule has 2 N–H and O–H groups in total. The van der Waals surface area contributed by atoms with Crippen LogP contribution >= 0.6 is 11.6 Å². The molecule has 3 aromatic carbocycles. The number of carbonyl (C=O) groups is 2. The van der Waals surface area contributed by atoms with Gasteiger partial charge in [0.2, 0.25) is 0 Å². The monoisotopic (exact) mass is 748 g/mol. The van der Waals surface area contributed by atoms with Crippen LogP contribution in [-0.4, -0.2) is 49.6 Å². The van der Waals surface area contributed by atoms with E-state index in [2.05, 4.69) is 17.1 Å². The number of nitrogens with zero attached hydrogens (tertiary/aromatic N) is 4. The molecule has 1 saturated heterocycles. The van der Waals surface area contributed by atoms with Gasteiger partial charge in [-0.3, -0.25) is 19.5 Å². The van der Waals surface area contributed by atoms with Gasteiger partial charge in [-0.25, -0.2) is 4.98 Å². The second-order valence-electron chi connectivity index (χ2n) is 14.2. The van der Waals surface area contributed by atoms with E-state index in [4.69, 9.17) is 30.5 Å². The molecule has 0 amide bonds. The zero-order valence-corrected chi connectivity index (χ0v) is 30.7. The number of hydrogen-bond acceptors (Lipinski definition) is 9. The molecule has 1 unspecified atom stereocenters. The van der Waals surface area contributed by atoms with Crippen LogP contribution in [0.1, 0.15) is 84.6 Å². The molecule has 278 valence electrons. The first kappa shape index (κ1) is 36.9. The van der Waals surface area contributed by atoms with E-state index in [0.717, 1.165) is 59.0 Å². The van der Waals surface area contributed by atoms with Gasteiger partial charge >= 0.3 is 11.9 Å². The van der Waals surface area contributed by atoms with E-state index < -0.39 is 18.0 Å². The summed E-state index contributed by atoms with van der Waals surface area (Å²) in [6, 6.07) is 18.8. The van der Waals surface area contributed by atoms with Crippen LogP contribution in [0.15, 0.2) is 71.4 Å². The number of hydrogen-bond donors (Lipinski definition) is 2. The third kappa shape index (κ3) is 8.20. The van der Waals surface area contributed by atoms with Crippen LogP contribution in [0.4, 0.5) is 0 Å². The number of aliphatic carboxylic acids is 2. The number of fused-ring (bicyclic) bond motifs is 1. The Kier molecular flexibility index (Phi) is 11.1. The number of carboxylic acids is 2. The lowest BCUT2D eigenvalue weighted by Gasteiger charge is -2.33. The summed E-state index contributed by atoms with van der Waals surface area (Å²) in [6.07, 6.45) is 8.23. The smallest absolute Gasteiger partial charge is 0.320 e. The van der Waals surface area contributed by atoms with Crippen LogP contribution in [0, 0.1) is 24.2 Å². The highest BCUT2D eigenvalue weighted by Crippen LogP contribution is 2.39. The summed E-state index contributed by atoms with van der Waals surface area (Å²) in [4.78, 5) is 34.4. The van der Waals surface area contributed by atoms with Gasteiger partial charge in [-0.15, -0.1) is 0 Å². The van der Waals surface area contributed by atoms with E-state index in [0.29, 0.717) is 71.5 Å². The second-order valence-corrected chi connectivity index (χ2v) is 14.6. The first-order chi connectivity index (χ1) is 26.2. The van der Waals surface area contributed by atoms with Crippen molar-refractivity contribution in [2.75, 3.05) is 6.54 Å². The summed E-state index contributed by atoms with van der Waals surface area (Å²) < 4.78 is 18.8. The highest BCUT2D eigenvalue weighted by atomic mass is 35.5. The summed E-state index contributed by atoms with van der Waals surface area (Å²) in [5, 5.41) is 29.0. The molecule has 54 heavy (non-hydrogen) atoms. The number of likely N-dealkylation sites (tertiary alicyclic amines) is 1. The number of ether oxygens (including phenoxy) is 2. The Morgan fingerprint density at radius 2 is 1.76 bits per heavy atom. The number of carboxylic acid groups (broad SMARTS) is 2. The van der Waals surface area contributed by atoms with E-state index in [-0.39, 0.29) is 25.0 Å². The molecule has 1 saturated carbocycles. The van der Waals surface area contributed by atoms with Crippen molar-refractivity contribution in [3.05, 3.63) is 106 Å². The lowest BCUT2D eigenvalue weighted by molar-refractivity contribution is -0.145. The molecule has 12 heteroatoms. The normalized spacial score (nSPS) is 18.9. The van der Waals surface area contributed by atoms with Gasteiger partial charge in [-0.1, -0.05) is 42.3 Å². The maximum absolute atomic E-state index is 12.1. The minimum absolute atomic E-state index is 0.115. The van der Waals surface area contributed by atoms with E-state index in [1.807, 2.05) is 42.2 Å². The first-order valence-corrected chi connectivity index (χ1v) is 18.7. The highest BCUT2D eigenvalue weighted by molar-refractivity contribution is 6.32. The molecule has 1 aliphatic heterocycles. The molecule has 5 aromatic rings.